The number of thioether (sulfide) groups is 1. The van der Waals surface area contributed by atoms with E-state index in [2.05, 4.69) is 25.2 Å². The first-order valence-electron chi connectivity index (χ1n) is 5.28. The van der Waals surface area contributed by atoms with Crippen LogP contribution < -0.4 is 5.32 Å². The maximum Gasteiger partial charge on any atom is 0.211 e. The lowest BCUT2D eigenvalue weighted by molar-refractivity contribution is -0.105. The van der Waals surface area contributed by atoms with E-state index in [1.807, 2.05) is 12.1 Å². The summed E-state index contributed by atoms with van der Waals surface area (Å²) in [6, 6.07) is 6.08. The smallest absolute Gasteiger partial charge is 0.211 e. The molecule has 2 nitrogen and oxygen atoms in total. The lowest BCUT2D eigenvalue weighted by atomic mass is 10.1. The van der Waals surface area contributed by atoms with Crippen LogP contribution in [0.5, 0.6) is 0 Å². The number of aryl methyl sites for hydroxylation is 1. The Morgan fingerprint density at radius 1 is 1.40 bits per heavy atom. The monoisotopic (exact) mass is 223 g/mol. The fourth-order valence-electron chi connectivity index (χ4n) is 1.54. The zero-order valence-electron chi connectivity index (χ0n) is 9.25. The summed E-state index contributed by atoms with van der Waals surface area (Å²) < 4.78 is 0. The molecule has 0 atom stereocenters. The quantitative estimate of drug-likeness (QED) is 0.592. The third-order valence-electron chi connectivity index (χ3n) is 2.12. The molecule has 0 aliphatic rings. The molecule has 1 amide bonds. The van der Waals surface area contributed by atoms with Crippen LogP contribution in [0.1, 0.15) is 25.8 Å². The second kappa shape index (κ2) is 6.51. The summed E-state index contributed by atoms with van der Waals surface area (Å²) in [5.74, 6) is 1.02. The molecule has 0 heterocycles. The molecule has 0 spiro atoms. The molecule has 1 N–H and O–H groups in total. The molecule has 0 aliphatic heterocycles. The van der Waals surface area contributed by atoms with Gasteiger partial charge in [0.25, 0.3) is 0 Å². The minimum Gasteiger partial charge on any atom is -0.328 e. The first-order valence-corrected chi connectivity index (χ1v) is 6.26. The molecular weight excluding hydrogens is 206 g/mol. The van der Waals surface area contributed by atoms with Crippen molar-refractivity contribution >= 4 is 23.9 Å². The maximum atomic E-state index is 10.5. The Morgan fingerprint density at radius 3 is 2.80 bits per heavy atom. The standard InChI is InChI=1S/C12H17NOS/c1-3-6-10-7-5-8-11(13-9-14)12(10)15-4-2/h5,7-9H,3-4,6H2,1-2H3,(H,13,14). The molecule has 15 heavy (non-hydrogen) atoms. The summed E-state index contributed by atoms with van der Waals surface area (Å²) in [4.78, 5) is 11.7. The topological polar surface area (TPSA) is 29.1 Å². The van der Waals surface area contributed by atoms with Crippen LogP contribution in [-0.2, 0) is 11.2 Å². The van der Waals surface area contributed by atoms with Crippen molar-refractivity contribution in [3.63, 3.8) is 0 Å². The molecule has 3 heteroatoms. The molecule has 0 aliphatic carbocycles. The molecular formula is C12H17NOS. The Balaban J connectivity index is 3.02. The van der Waals surface area contributed by atoms with E-state index in [0.29, 0.717) is 0 Å². The van der Waals surface area contributed by atoms with Gasteiger partial charge in [0.05, 0.1) is 5.69 Å². The Hall–Kier alpha value is -0.960. The van der Waals surface area contributed by atoms with Crippen LogP contribution in [0, 0.1) is 0 Å². The summed E-state index contributed by atoms with van der Waals surface area (Å²) in [5.41, 5.74) is 2.26. The van der Waals surface area contributed by atoms with E-state index in [4.69, 9.17) is 0 Å². The zero-order valence-corrected chi connectivity index (χ0v) is 10.1. The van der Waals surface area contributed by atoms with Crippen LogP contribution in [0.4, 0.5) is 5.69 Å². The molecule has 0 radical (unpaired) electrons. The van der Waals surface area contributed by atoms with Gasteiger partial charge in [-0.3, -0.25) is 4.79 Å². The van der Waals surface area contributed by atoms with Gasteiger partial charge >= 0.3 is 0 Å². The number of amides is 1. The van der Waals surface area contributed by atoms with Gasteiger partial charge in [-0.15, -0.1) is 11.8 Å². The second-order valence-electron chi connectivity index (χ2n) is 3.24. The van der Waals surface area contributed by atoms with Crippen LogP contribution in [0.25, 0.3) is 0 Å². The molecule has 0 aromatic heterocycles. The van der Waals surface area contributed by atoms with Gasteiger partial charge in [0.15, 0.2) is 0 Å². The van der Waals surface area contributed by atoms with Gasteiger partial charge in [-0.25, -0.2) is 0 Å². The van der Waals surface area contributed by atoms with E-state index in [0.717, 1.165) is 30.7 Å². The van der Waals surface area contributed by atoms with Crippen molar-refractivity contribution in [3.8, 4) is 0 Å². The maximum absolute atomic E-state index is 10.5. The first kappa shape index (κ1) is 12.1. The number of hydrogen-bond donors (Lipinski definition) is 1. The second-order valence-corrected chi connectivity index (χ2v) is 4.51. The normalized spacial score (nSPS) is 10.0. The predicted molar refractivity (Wildman–Crippen MR) is 66.5 cm³/mol. The van der Waals surface area contributed by atoms with Crippen molar-refractivity contribution in [1.82, 2.24) is 0 Å². The van der Waals surface area contributed by atoms with E-state index < -0.39 is 0 Å². The summed E-state index contributed by atoms with van der Waals surface area (Å²) in [7, 11) is 0. The van der Waals surface area contributed by atoms with Crippen molar-refractivity contribution in [3.05, 3.63) is 23.8 Å². The van der Waals surface area contributed by atoms with Gasteiger partial charge in [-0.1, -0.05) is 32.4 Å². The first-order chi connectivity index (χ1) is 7.33. The minimum atomic E-state index is 0.741. The molecule has 1 rings (SSSR count). The number of carbonyl (C=O) groups is 1. The van der Waals surface area contributed by atoms with Crippen LogP contribution in [0.2, 0.25) is 0 Å². The number of rotatable bonds is 6. The van der Waals surface area contributed by atoms with E-state index in [1.54, 1.807) is 11.8 Å². The van der Waals surface area contributed by atoms with E-state index in [9.17, 15) is 4.79 Å². The Bertz CT molecular complexity index is 325. The molecule has 0 saturated carbocycles. The number of nitrogens with one attached hydrogen (secondary N) is 1. The van der Waals surface area contributed by atoms with Crippen molar-refractivity contribution in [2.75, 3.05) is 11.1 Å². The lowest BCUT2D eigenvalue weighted by Crippen LogP contribution is -1.99. The lowest BCUT2D eigenvalue weighted by Gasteiger charge is -2.12. The van der Waals surface area contributed by atoms with Crippen LogP contribution in [0.3, 0.4) is 0 Å². The zero-order chi connectivity index (χ0) is 11.1. The summed E-state index contributed by atoms with van der Waals surface area (Å²) in [6.07, 6.45) is 2.93. The average Bonchev–Trinajstić information content (AvgIpc) is 2.23. The predicted octanol–water partition coefficient (Wildman–Crippen LogP) is 3.32. The van der Waals surface area contributed by atoms with Crippen LogP contribution in [0.15, 0.2) is 23.1 Å². The number of benzene rings is 1. The highest BCUT2D eigenvalue weighted by atomic mass is 32.2. The molecule has 0 unspecified atom stereocenters. The van der Waals surface area contributed by atoms with Crippen molar-refractivity contribution in [2.24, 2.45) is 0 Å². The van der Waals surface area contributed by atoms with E-state index in [1.165, 1.54) is 10.5 Å². The van der Waals surface area contributed by atoms with Crippen molar-refractivity contribution in [2.45, 2.75) is 31.6 Å². The molecule has 82 valence electrons. The third-order valence-corrected chi connectivity index (χ3v) is 3.18. The minimum absolute atomic E-state index is 0.741. The molecule has 0 fully saturated rings. The Morgan fingerprint density at radius 2 is 2.20 bits per heavy atom. The molecule has 1 aromatic carbocycles. The third kappa shape index (κ3) is 3.27. The fourth-order valence-corrected chi connectivity index (χ4v) is 2.47. The Kier molecular flexibility index (Phi) is 5.26. The molecule has 1 aromatic rings. The van der Waals surface area contributed by atoms with Gasteiger partial charge in [-0.2, -0.15) is 0 Å². The fraction of sp³-hybridized carbons (Fsp3) is 0.417. The average molecular weight is 223 g/mol. The highest BCUT2D eigenvalue weighted by molar-refractivity contribution is 7.99. The molecule has 0 saturated heterocycles. The van der Waals surface area contributed by atoms with Crippen molar-refractivity contribution in [1.29, 1.82) is 0 Å². The Labute approximate surface area is 95.5 Å². The number of anilines is 1. The largest absolute Gasteiger partial charge is 0.328 e. The highest BCUT2D eigenvalue weighted by Gasteiger charge is 2.06. The van der Waals surface area contributed by atoms with Gasteiger partial charge < -0.3 is 5.32 Å². The van der Waals surface area contributed by atoms with E-state index >= 15 is 0 Å². The SMILES string of the molecule is CCCc1cccc(NC=O)c1SCC. The van der Waals surface area contributed by atoms with Crippen LogP contribution in [-0.4, -0.2) is 12.2 Å². The van der Waals surface area contributed by atoms with Gasteiger partial charge in [0.2, 0.25) is 6.41 Å². The summed E-state index contributed by atoms with van der Waals surface area (Å²) >= 11 is 1.79. The van der Waals surface area contributed by atoms with Crippen molar-refractivity contribution < 1.29 is 4.79 Å². The van der Waals surface area contributed by atoms with Gasteiger partial charge in [0.1, 0.15) is 0 Å². The van der Waals surface area contributed by atoms with E-state index in [-0.39, 0.29) is 0 Å². The molecule has 0 bridgehead atoms. The highest BCUT2D eigenvalue weighted by Crippen LogP contribution is 2.31. The van der Waals surface area contributed by atoms with Gasteiger partial charge in [0, 0.05) is 4.90 Å². The number of carbonyl (C=O) groups excluding carboxylic acids is 1. The summed E-state index contributed by atoms with van der Waals surface area (Å²) in [5, 5.41) is 2.76. The number of hydrogen-bond acceptors (Lipinski definition) is 2. The van der Waals surface area contributed by atoms with Gasteiger partial charge in [-0.05, 0) is 23.8 Å². The summed E-state index contributed by atoms with van der Waals surface area (Å²) in [6.45, 7) is 4.29. The van der Waals surface area contributed by atoms with Crippen LogP contribution >= 0.6 is 11.8 Å².